The molecule has 2 unspecified atom stereocenters. The number of benzene rings is 3. The molecule has 0 bridgehead atoms. The minimum atomic E-state index is 0.108. The smallest absolute Gasteiger partial charge is 0.264 e. The third-order valence-electron chi connectivity index (χ3n) is 6.76. The molecule has 1 fully saturated rings. The van der Waals surface area contributed by atoms with E-state index in [1.54, 1.807) is 12.4 Å². The van der Waals surface area contributed by atoms with Gasteiger partial charge in [-0.3, -0.25) is 4.98 Å². The number of nitrogens with zero attached hydrogens (tertiary/aromatic N) is 3. The average molecular weight is 493 g/mol. The number of hydrogen-bond donors (Lipinski definition) is 1. The lowest BCUT2D eigenvalue weighted by Gasteiger charge is -2.32. The normalized spacial score (nSPS) is 17.6. The summed E-state index contributed by atoms with van der Waals surface area (Å²) in [4.78, 5) is 8.48. The number of fused-ring (bicyclic) bond motifs is 1. The van der Waals surface area contributed by atoms with E-state index in [2.05, 4.69) is 75.0 Å². The van der Waals surface area contributed by atoms with Crippen LogP contribution in [0.2, 0.25) is 0 Å². The van der Waals surface area contributed by atoms with Crippen molar-refractivity contribution in [2.45, 2.75) is 31.7 Å². The summed E-state index contributed by atoms with van der Waals surface area (Å²) in [5, 5.41) is 9.99. The van der Waals surface area contributed by atoms with Crippen LogP contribution in [0.4, 0.5) is 0 Å². The lowest BCUT2D eigenvalue weighted by Crippen LogP contribution is -2.40. The first-order valence-electron chi connectivity index (χ1n) is 12.6. The first kappa shape index (κ1) is 23.3. The van der Waals surface area contributed by atoms with E-state index in [9.17, 15) is 0 Å². The fourth-order valence-electron chi connectivity index (χ4n) is 4.80. The molecular weight excluding hydrogens is 464 g/mol. The van der Waals surface area contributed by atoms with Gasteiger partial charge in [0.2, 0.25) is 5.82 Å². The maximum absolute atomic E-state index is 6.43. The van der Waals surface area contributed by atoms with E-state index in [1.807, 2.05) is 24.3 Å². The second kappa shape index (κ2) is 10.9. The lowest BCUT2D eigenvalue weighted by molar-refractivity contribution is 0.0106. The van der Waals surface area contributed by atoms with Crippen molar-refractivity contribution in [3.05, 3.63) is 108 Å². The van der Waals surface area contributed by atoms with Crippen molar-refractivity contribution >= 4 is 10.8 Å². The van der Waals surface area contributed by atoms with E-state index in [4.69, 9.17) is 14.0 Å². The molecule has 3 heterocycles. The molecule has 0 spiro atoms. The summed E-state index contributed by atoms with van der Waals surface area (Å²) in [6, 6.07) is 26.9. The monoisotopic (exact) mass is 492 g/mol. The number of nitrogens with one attached hydrogen (secondary N) is 1. The van der Waals surface area contributed by atoms with Gasteiger partial charge in [-0.15, -0.1) is 0 Å². The number of ether oxygens (including phenoxy) is 2. The summed E-state index contributed by atoms with van der Waals surface area (Å²) in [5.41, 5.74) is 3.26. The first-order chi connectivity index (χ1) is 18.3. The van der Waals surface area contributed by atoms with Crippen molar-refractivity contribution in [1.82, 2.24) is 20.4 Å². The lowest BCUT2D eigenvalue weighted by atomic mass is 9.87. The summed E-state index contributed by atoms with van der Waals surface area (Å²) >= 11 is 0. The van der Waals surface area contributed by atoms with Crippen LogP contribution in [0.3, 0.4) is 0 Å². The highest BCUT2D eigenvalue weighted by atomic mass is 16.5. The predicted molar refractivity (Wildman–Crippen MR) is 141 cm³/mol. The van der Waals surface area contributed by atoms with Gasteiger partial charge in [-0.25, -0.2) is 0 Å². The highest BCUT2D eigenvalue weighted by Crippen LogP contribution is 2.30. The van der Waals surface area contributed by atoms with Crippen LogP contribution in [0, 0.1) is 0 Å². The molecule has 6 rings (SSSR count). The molecule has 37 heavy (non-hydrogen) atoms. The van der Waals surface area contributed by atoms with Crippen LogP contribution < -0.4 is 10.1 Å². The quantitative estimate of drug-likeness (QED) is 0.305. The second-order valence-corrected chi connectivity index (χ2v) is 9.24. The van der Waals surface area contributed by atoms with Crippen LogP contribution in [0.5, 0.6) is 5.75 Å². The van der Waals surface area contributed by atoms with E-state index in [0.29, 0.717) is 24.2 Å². The standard InChI is InChI=1S/C30H28N4O3/c1-2-5-24-16-21(7-8-22(24)4-1)19-36-28-18-32-15-13-27(28)23-9-11-26(12-10-23)35-20-29-33-30(34-37-29)25-6-3-14-31-17-25/h1-12,14,16-17,27-28,32H,13,15,18-20H2. The Morgan fingerprint density at radius 2 is 1.81 bits per heavy atom. The number of hydrogen-bond acceptors (Lipinski definition) is 7. The fourth-order valence-corrected chi connectivity index (χ4v) is 4.80. The van der Waals surface area contributed by atoms with Gasteiger partial charge in [0.15, 0.2) is 6.61 Å². The van der Waals surface area contributed by atoms with Gasteiger partial charge >= 0.3 is 0 Å². The Labute approximate surface area is 215 Å². The zero-order valence-electron chi connectivity index (χ0n) is 20.4. The minimum absolute atomic E-state index is 0.108. The molecule has 7 nitrogen and oxygen atoms in total. The zero-order chi connectivity index (χ0) is 24.9. The molecule has 0 aliphatic carbocycles. The van der Waals surface area contributed by atoms with Gasteiger partial charge in [0.1, 0.15) is 5.75 Å². The molecule has 7 heteroatoms. The average Bonchev–Trinajstić information content (AvgIpc) is 3.45. The molecule has 2 atom stereocenters. The van der Waals surface area contributed by atoms with Crippen molar-refractivity contribution in [2.75, 3.05) is 13.1 Å². The Morgan fingerprint density at radius 1 is 0.919 bits per heavy atom. The number of piperidine rings is 1. The highest BCUT2D eigenvalue weighted by Gasteiger charge is 2.27. The summed E-state index contributed by atoms with van der Waals surface area (Å²) < 4.78 is 17.7. The first-order valence-corrected chi connectivity index (χ1v) is 12.6. The number of pyridine rings is 1. The van der Waals surface area contributed by atoms with Crippen LogP contribution in [0.1, 0.15) is 29.4 Å². The molecule has 1 N–H and O–H groups in total. The van der Waals surface area contributed by atoms with Crippen molar-refractivity contribution < 1.29 is 14.0 Å². The van der Waals surface area contributed by atoms with Crippen molar-refractivity contribution in [2.24, 2.45) is 0 Å². The third kappa shape index (κ3) is 5.53. The fraction of sp³-hybridized carbons (Fsp3) is 0.233. The molecule has 2 aromatic heterocycles. The Hall–Kier alpha value is -4.07. The van der Waals surface area contributed by atoms with Crippen LogP contribution >= 0.6 is 0 Å². The van der Waals surface area contributed by atoms with Crippen LogP contribution in [0.15, 0.2) is 95.8 Å². The molecule has 5 aromatic rings. The second-order valence-electron chi connectivity index (χ2n) is 9.24. The van der Waals surface area contributed by atoms with Crippen LogP contribution in [-0.2, 0) is 18.0 Å². The zero-order valence-corrected chi connectivity index (χ0v) is 20.4. The maximum atomic E-state index is 6.43. The third-order valence-corrected chi connectivity index (χ3v) is 6.76. The van der Waals surface area contributed by atoms with Gasteiger partial charge in [0, 0.05) is 30.4 Å². The Morgan fingerprint density at radius 3 is 2.68 bits per heavy atom. The summed E-state index contributed by atoms with van der Waals surface area (Å²) in [6.07, 6.45) is 4.55. The summed E-state index contributed by atoms with van der Waals surface area (Å²) in [5.74, 6) is 2.01. The van der Waals surface area contributed by atoms with Gasteiger partial charge in [-0.05, 0) is 65.2 Å². The molecule has 3 aromatic carbocycles. The van der Waals surface area contributed by atoms with Crippen molar-refractivity contribution in [1.29, 1.82) is 0 Å². The van der Waals surface area contributed by atoms with Gasteiger partial charge in [-0.1, -0.05) is 53.7 Å². The number of aromatic nitrogens is 3. The Balaban J connectivity index is 1.07. The van der Waals surface area contributed by atoms with E-state index in [0.717, 1.165) is 30.8 Å². The molecule has 0 radical (unpaired) electrons. The molecular formula is C30H28N4O3. The molecule has 1 saturated heterocycles. The molecule has 0 amide bonds. The molecule has 186 valence electrons. The molecule has 1 aliphatic rings. The highest BCUT2D eigenvalue weighted by molar-refractivity contribution is 5.82. The van der Waals surface area contributed by atoms with E-state index >= 15 is 0 Å². The minimum Gasteiger partial charge on any atom is -0.484 e. The SMILES string of the molecule is c1cncc(-c2noc(COc3ccc(C4CCNCC4OCc4ccc5ccccc5c4)cc3)n2)c1. The van der Waals surface area contributed by atoms with Gasteiger partial charge in [0.05, 0.1) is 12.7 Å². The van der Waals surface area contributed by atoms with Crippen molar-refractivity contribution in [3.63, 3.8) is 0 Å². The molecule has 1 aliphatic heterocycles. The Bertz CT molecular complexity index is 1450. The maximum Gasteiger partial charge on any atom is 0.264 e. The summed E-state index contributed by atoms with van der Waals surface area (Å²) in [6.45, 7) is 2.62. The van der Waals surface area contributed by atoms with Crippen LogP contribution in [-0.4, -0.2) is 34.3 Å². The van der Waals surface area contributed by atoms with E-state index < -0.39 is 0 Å². The summed E-state index contributed by atoms with van der Waals surface area (Å²) in [7, 11) is 0. The van der Waals surface area contributed by atoms with Crippen LogP contribution in [0.25, 0.3) is 22.2 Å². The van der Waals surface area contributed by atoms with Gasteiger partial charge in [0.25, 0.3) is 5.89 Å². The topological polar surface area (TPSA) is 82.3 Å². The van der Waals surface area contributed by atoms with Gasteiger partial charge in [-0.2, -0.15) is 4.98 Å². The van der Waals surface area contributed by atoms with E-state index in [-0.39, 0.29) is 12.7 Å². The largest absolute Gasteiger partial charge is 0.484 e. The van der Waals surface area contributed by atoms with Gasteiger partial charge < -0.3 is 19.3 Å². The van der Waals surface area contributed by atoms with Crippen molar-refractivity contribution in [3.8, 4) is 17.1 Å². The predicted octanol–water partition coefficient (Wildman–Crippen LogP) is 5.53. The van der Waals surface area contributed by atoms with E-state index in [1.165, 1.54) is 21.9 Å². The number of rotatable bonds is 8. The Kier molecular flexibility index (Phi) is 6.88. The molecule has 0 saturated carbocycles.